The molecular formula is C18H25NO3. The Morgan fingerprint density at radius 2 is 2.23 bits per heavy atom. The quantitative estimate of drug-likeness (QED) is 0.878. The lowest BCUT2D eigenvalue weighted by atomic mass is 9.85. The number of carbonyl (C=O) groups excluding carboxylic acids is 1. The smallest absolute Gasteiger partial charge is 0.223 e. The highest BCUT2D eigenvalue weighted by Crippen LogP contribution is 2.50. The summed E-state index contributed by atoms with van der Waals surface area (Å²) in [4.78, 5) is 12.5. The predicted molar refractivity (Wildman–Crippen MR) is 84.8 cm³/mol. The van der Waals surface area contributed by atoms with Gasteiger partial charge in [0.15, 0.2) is 0 Å². The van der Waals surface area contributed by atoms with Crippen molar-refractivity contribution in [2.45, 2.75) is 44.6 Å². The van der Waals surface area contributed by atoms with E-state index in [2.05, 4.69) is 12.2 Å². The summed E-state index contributed by atoms with van der Waals surface area (Å²) >= 11 is 0. The lowest BCUT2D eigenvalue weighted by molar-refractivity contribution is -0.124. The summed E-state index contributed by atoms with van der Waals surface area (Å²) in [6.45, 7) is 2.20. The molecule has 3 rings (SSSR count). The Hall–Kier alpha value is -1.55. The van der Waals surface area contributed by atoms with E-state index in [1.54, 1.807) is 7.11 Å². The second-order valence-corrected chi connectivity index (χ2v) is 6.96. The van der Waals surface area contributed by atoms with Gasteiger partial charge in [-0.2, -0.15) is 0 Å². The van der Waals surface area contributed by atoms with Crippen LogP contribution in [0.1, 0.15) is 44.1 Å². The Morgan fingerprint density at radius 3 is 2.95 bits per heavy atom. The van der Waals surface area contributed by atoms with Crippen LogP contribution in [-0.2, 0) is 4.79 Å². The minimum atomic E-state index is -0.162. The van der Waals surface area contributed by atoms with E-state index in [-0.39, 0.29) is 35.8 Å². The number of para-hydroxylation sites is 1. The molecule has 120 valence electrons. The highest BCUT2D eigenvalue weighted by Gasteiger charge is 2.47. The van der Waals surface area contributed by atoms with Crippen LogP contribution in [0.5, 0.6) is 5.75 Å². The second-order valence-electron chi connectivity index (χ2n) is 6.96. The molecule has 0 aliphatic heterocycles. The predicted octanol–water partition coefficient (Wildman–Crippen LogP) is 2.47. The number of nitrogens with one attached hydrogen (secondary N) is 1. The third kappa shape index (κ3) is 2.72. The summed E-state index contributed by atoms with van der Waals surface area (Å²) in [6.07, 6.45) is 3.90. The molecule has 4 heteroatoms. The van der Waals surface area contributed by atoms with Gasteiger partial charge in [0.25, 0.3) is 0 Å². The van der Waals surface area contributed by atoms with Crippen LogP contribution in [0, 0.1) is 11.3 Å². The highest BCUT2D eigenvalue weighted by atomic mass is 16.5. The van der Waals surface area contributed by atoms with Crippen molar-refractivity contribution in [3.8, 4) is 5.75 Å². The standard InChI is InChI=1S/C18H25NO3/c1-18(11-20)9-5-8-16(18)19-17(21)14-10-13(14)12-6-3-4-7-15(12)22-2/h3-4,6-7,13-14,16,20H,5,8-11H2,1-2H3,(H,19,21). The average Bonchev–Trinajstić information content (AvgIpc) is 3.26. The van der Waals surface area contributed by atoms with Gasteiger partial charge >= 0.3 is 0 Å². The van der Waals surface area contributed by atoms with E-state index in [0.717, 1.165) is 37.0 Å². The number of amides is 1. The van der Waals surface area contributed by atoms with E-state index in [0.29, 0.717) is 0 Å². The molecule has 4 nitrogen and oxygen atoms in total. The number of hydrogen-bond acceptors (Lipinski definition) is 3. The molecule has 0 bridgehead atoms. The maximum absolute atomic E-state index is 12.5. The molecule has 2 saturated carbocycles. The van der Waals surface area contributed by atoms with Crippen LogP contribution in [0.2, 0.25) is 0 Å². The van der Waals surface area contributed by atoms with Gasteiger partial charge in [0.05, 0.1) is 13.7 Å². The van der Waals surface area contributed by atoms with Crippen molar-refractivity contribution in [3.63, 3.8) is 0 Å². The summed E-state index contributed by atoms with van der Waals surface area (Å²) in [5, 5.41) is 12.8. The average molecular weight is 303 g/mol. The normalized spacial score (nSPS) is 33.5. The van der Waals surface area contributed by atoms with E-state index in [1.807, 2.05) is 24.3 Å². The van der Waals surface area contributed by atoms with E-state index >= 15 is 0 Å². The first-order chi connectivity index (χ1) is 10.6. The fourth-order valence-electron chi connectivity index (χ4n) is 3.75. The summed E-state index contributed by atoms with van der Waals surface area (Å²) in [5.41, 5.74) is 0.964. The van der Waals surface area contributed by atoms with Crippen LogP contribution in [0.4, 0.5) is 0 Å². The highest BCUT2D eigenvalue weighted by molar-refractivity contribution is 5.83. The third-order valence-electron chi connectivity index (χ3n) is 5.43. The Kier molecular flexibility index (Phi) is 4.13. The molecule has 2 aliphatic rings. The third-order valence-corrected chi connectivity index (χ3v) is 5.43. The number of hydrogen-bond donors (Lipinski definition) is 2. The molecule has 2 aliphatic carbocycles. The first-order valence-corrected chi connectivity index (χ1v) is 8.13. The first kappa shape index (κ1) is 15.3. The maximum Gasteiger partial charge on any atom is 0.223 e. The van der Waals surface area contributed by atoms with E-state index in [1.165, 1.54) is 0 Å². The summed E-state index contributed by atoms with van der Waals surface area (Å²) < 4.78 is 5.39. The van der Waals surface area contributed by atoms with E-state index in [9.17, 15) is 9.90 Å². The zero-order valence-corrected chi connectivity index (χ0v) is 13.3. The molecule has 1 aromatic carbocycles. The fourth-order valence-corrected chi connectivity index (χ4v) is 3.75. The molecule has 4 unspecified atom stereocenters. The molecule has 0 saturated heterocycles. The molecule has 2 fully saturated rings. The van der Waals surface area contributed by atoms with Crippen molar-refractivity contribution in [3.05, 3.63) is 29.8 Å². The molecule has 4 atom stereocenters. The largest absolute Gasteiger partial charge is 0.496 e. The zero-order chi connectivity index (χ0) is 15.7. The first-order valence-electron chi connectivity index (χ1n) is 8.13. The van der Waals surface area contributed by atoms with Crippen molar-refractivity contribution < 1.29 is 14.6 Å². The van der Waals surface area contributed by atoms with E-state index in [4.69, 9.17) is 4.74 Å². The van der Waals surface area contributed by atoms with Crippen molar-refractivity contribution in [2.75, 3.05) is 13.7 Å². The van der Waals surface area contributed by atoms with Gasteiger partial charge in [-0.25, -0.2) is 0 Å². The van der Waals surface area contributed by atoms with Gasteiger partial charge in [0, 0.05) is 17.4 Å². The summed E-state index contributed by atoms with van der Waals surface area (Å²) in [7, 11) is 1.67. The molecule has 22 heavy (non-hydrogen) atoms. The number of aliphatic hydroxyl groups is 1. The van der Waals surface area contributed by atoms with Gasteiger partial charge in [-0.1, -0.05) is 31.5 Å². The van der Waals surface area contributed by atoms with Gasteiger partial charge in [0.1, 0.15) is 5.75 Å². The number of methoxy groups -OCH3 is 1. The number of carbonyl (C=O) groups is 1. The minimum absolute atomic E-state index is 0.0415. The number of ether oxygens (including phenoxy) is 1. The zero-order valence-electron chi connectivity index (χ0n) is 13.3. The van der Waals surface area contributed by atoms with Crippen LogP contribution < -0.4 is 10.1 Å². The van der Waals surface area contributed by atoms with Crippen molar-refractivity contribution in [1.82, 2.24) is 5.32 Å². The molecule has 0 spiro atoms. The number of rotatable bonds is 5. The van der Waals surface area contributed by atoms with Crippen LogP contribution >= 0.6 is 0 Å². The molecule has 0 radical (unpaired) electrons. The van der Waals surface area contributed by atoms with Crippen molar-refractivity contribution >= 4 is 5.91 Å². The Morgan fingerprint density at radius 1 is 1.45 bits per heavy atom. The SMILES string of the molecule is COc1ccccc1C1CC1C(=O)NC1CCCC1(C)CO. The Balaban J connectivity index is 1.64. The molecule has 0 aromatic heterocycles. The van der Waals surface area contributed by atoms with Gasteiger partial charge in [0.2, 0.25) is 5.91 Å². The molecule has 0 heterocycles. The monoisotopic (exact) mass is 303 g/mol. The van der Waals surface area contributed by atoms with Gasteiger partial charge in [-0.15, -0.1) is 0 Å². The molecular weight excluding hydrogens is 278 g/mol. The maximum atomic E-state index is 12.5. The van der Waals surface area contributed by atoms with Crippen LogP contribution in [0.25, 0.3) is 0 Å². The topological polar surface area (TPSA) is 58.6 Å². The summed E-state index contributed by atoms with van der Waals surface area (Å²) in [6, 6.07) is 8.03. The second kappa shape index (κ2) is 5.92. The van der Waals surface area contributed by atoms with Crippen LogP contribution in [-0.4, -0.2) is 30.8 Å². The van der Waals surface area contributed by atoms with Crippen molar-refractivity contribution in [1.29, 1.82) is 0 Å². The van der Waals surface area contributed by atoms with Crippen LogP contribution in [0.3, 0.4) is 0 Å². The number of aliphatic hydroxyl groups excluding tert-OH is 1. The Labute approximate surface area is 131 Å². The lowest BCUT2D eigenvalue weighted by Gasteiger charge is -2.30. The van der Waals surface area contributed by atoms with Crippen molar-refractivity contribution in [2.24, 2.45) is 11.3 Å². The Bertz CT molecular complexity index is 559. The van der Waals surface area contributed by atoms with E-state index < -0.39 is 0 Å². The van der Waals surface area contributed by atoms with Gasteiger partial charge in [-0.05, 0) is 36.8 Å². The van der Waals surface area contributed by atoms with Gasteiger partial charge < -0.3 is 15.2 Å². The fraction of sp³-hybridized carbons (Fsp3) is 0.611. The molecule has 1 aromatic rings. The minimum Gasteiger partial charge on any atom is -0.496 e. The lowest BCUT2D eigenvalue weighted by Crippen LogP contribution is -2.45. The summed E-state index contributed by atoms with van der Waals surface area (Å²) in [5.74, 6) is 1.30. The number of benzene rings is 1. The molecule has 2 N–H and O–H groups in total. The van der Waals surface area contributed by atoms with Crippen LogP contribution in [0.15, 0.2) is 24.3 Å². The van der Waals surface area contributed by atoms with Gasteiger partial charge in [-0.3, -0.25) is 4.79 Å². The molecule has 1 amide bonds.